The molecule has 0 bridgehead atoms. The van der Waals surface area contributed by atoms with Crippen LogP contribution < -0.4 is 10.0 Å². The first-order valence-corrected chi connectivity index (χ1v) is 8.17. The third kappa shape index (κ3) is 4.60. The van der Waals surface area contributed by atoms with Crippen molar-refractivity contribution < 1.29 is 12.8 Å². The van der Waals surface area contributed by atoms with Crippen LogP contribution in [-0.2, 0) is 16.6 Å². The highest BCUT2D eigenvalue weighted by Crippen LogP contribution is 2.18. The lowest BCUT2D eigenvalue weighted by atomic mass is 10.3. The second-order valence-electron chi connectivity index (χ2n) is 4.01. The monoisotopic (exact) mass is 344 g/mol. The zero-order valence-electron chi connectivity index (χ0n) is 10.2. The number of anilines is 2. The quantitative estimate of drug-likeness (QED) is 0.874. The maximum Gasteiger partial charge on any atom is 0.229 e. The van der Waals surface area contributed by atoms with Crippen molar-refractivity contribution in [3.8, 4) is 0 Å². The van der Waals surface area contributed by atoms with Crippen molar-refractivity contribution in [3.63, 3.8) is 0 Å². The first kappa shape index (κ1) is 14.0. The lowest BCUT2D eigenvalue weighted by molar-refractivity contribution is 0.495. The van der Waals surface area contributed by atoms with E-state index >= 15 is 0 Å². The molecule has 0 radical (unpaired) electrons. The van der Waals surface area contributed by atoms with Crippen LogP contribution in [0.15, 0.2) is 45.5 Å². The maximum absolute atomic E-state index is 11.1. The van der Waals surface area contributed by atoms with Crippen molar-refractivity contribution in [2.75, 3.05) is 16.3 Å². The van der Waals surface area contributed by atoms with Gasteiger partial charge in [0.2, 0.25) is 10.0 Å². The topological polar surface area (TPSA) is 71.3 Å². The van der Waals surface area contributed by atoms with E-state index in [1.807, 2.05) is 18.2 Å². The van der Waals surface area contributed by atoms with Gasteiger partial charge in [-0.2, -0.15) is 0 Å². The van der Waals surface area contributed by atoms with Crippen molar-refractivity contribution in [3.05, 3.63) is 46.8 Å². The average Bonchev–Trinajstić information content (AvgIpc) is 2.71. The summed E-state index contributed by atoms with van der Waals surface area (Å²) in [5.74, 6) is 0.786. The molecule has 1 aromatic carbocycles. The molecule has 102 valence electrons. The molecule has 0 unspecified atom stereocenters. The number of sulfonamides is 1. The Balaban J connectivity index is 2.03. The summed E-state index contributed by atoms with van der Waals surface area (Å²) in [6.45, 7) is 0.522. The summed E-state index contributed by atoms with van der Waals surface area (Å²) in [7, 11) is -3.26. The predicted molar refractivity (Wildman–Crippen MR) is 78.6 cm³/mol. The molecule has 1 heterocycles. The Bertz CT molecular complexity index is 667. The molecule has 5 nitrogen and oxygen atoms in total. The van der Waals surface area contributed by atoms with Gasteiger partial charge in [-0.05, 0) is 46.3 Å². The molecule has 0 saturated heterocycles. The van der Waals surface area contributed by atoms with Gasteiger partial charge in [0.05, 0.1) is 18.5 Å². The molecule has 2 N–H and O–H groups in total. The van der Waals surface area contributed by atoms with Gasteiger partial charge in [-0.1, -0.05) is 6.07 Å². The fraction of sp³-hybridized carbons (Fsp3) is 0.167. The summed E-state index contributed by atoms with van der Waals surface area (Å²) in [4.78, 5) is 0. The van der Waals surface area contributed by atoms with Crippen LogP contribution in [0.5, 0.6) is 0 Å². The number of nitrogens with one attached hydrogen (secondary N) is 2. The minimum Gasteiger partial charge on any atom is -0.452 e. The molecule has 0 atom stereocenters. The largest absolute Gasteiger partial charge is 0.452 e. The first-order valence-electron chi connectivity index (χ1n) is 5.48. The smallest absolute Gasteiger partial charge is 0.229 e. The predicted octanol–water partition coefficient (Wildman–Crippen LogP) is 3.03. The minimum absolute atomic E-state index is 0.521. The molecule has 0 aliphatic rings. The zero-order valence-corrected chi connectivity index (χ0v) is 12.6. The van der Waals surface area contributed by atoms with E-state index < -0.39 is 10.0 Å². The number of benzene rings is 1. The van der Waals surface area contributed by atoms with Gasteiger partial charge < -0.3 is 9.73 Å². The highest BCUT2D eigenvalue weighted by molar-refractivity contribution is 9.10. The van der Waals surface area contributed by atoms with Crippen LogP contribution in [0, 0.1) is 0 Å². The fourth-order valence-electron chi connectivity index (χ4n) is 1.54. The van der Waals surface area contributed by atoms with Gasteiger partial charge in [0, 0.05) is 5.69 Å². The number of rotatable bonds is 5. The molecule has 7 heteroatoms. The third-order valence-corrected chi connectivity index (χ3v) is 3.29. The molecule has 19 heavy (non-hydrogen) atoms. The van der Waals surface area contributed by atoms with E-state index in [2.05, 4.69) is 26.0 Å². The van der Waals surface area contributed by atoms with E-state index in [9.17, 15) is 8.42 Å². The molecular weight excluding hydrogens is 332 g/mol. The van der Waals surface area contributed by atoms with Gasteiger partial charge in [0.25, 0.3) is 0 Å². The van der Waals surface area contributed by atoms with E-state index in [-0.39, 0.29) is 0 Å². The Labute approximate surface area is 120 Å². The molecule has 2 aromatic rings. The van der Waals surface area contributed by atoms with Crippen LogP contribution in [0.3, 0.4) is 0 Å². The molecule has 0 aliphatic carbocycles. The molecule has 0 amide bonds. The minimum atomic E-state index is -3.26. The lowest BCUT2D eigenvalue weighted by Crippen LogP contribution is -2.09. The number of halogens is 1. The zero-order chi connectivity index (χ0) is 13.9. The Morgan fingerprint density at radius 2 is 1.95 bits per heavy atom. The van der Waals surface area contributed by atoms with Crippen LogP contribution in [0.2, 0.25) is 0 Å². The third-order valence-electron chi connectivity index (χ3n) is 2.26. The lowest BCUT2D eigenvalue weighted by Gasteiger charge is -2.08. The second kappa shape index (κ2) is 5.66. The number of hydrogen-bond donors (Lipinski definition) is 2. The number of furan rings is 1. The van der Waals surface area contributed by atoms with Crippen molar-refractivity contribution in [1.82, 2.24) is 0 Å². The molecule has 0 aliphatic heterocycles. The van der Waals surface area contributed by atoms with Gasteiger partial charge in [0.1, 0.15) is 5.76 Å². The van der Waals surface area contributed by atoms with Crippen molar-refractivity contribution in [1.29, 1.82) is 0 Å². The van der Waals surface area contributed by atoms with Crippen LogP contribution in [0.25, 0.3) is 0 Å². The van der Waals surface area contributed by atoms with Gasteiger partial charge in [-0.3, -0.25) is 4.72 Å². The van der Waals surface area contributed by atoms with E-state index in [0.29, 0.717) is 16.9 Å². The molecule has 0 spiro atoms. The summed E-state index contributed by atoms with van der Waals surface area (Å²) < 4.78 is 30.7. The van der Waals surface area contributed by atoms with E-state index in [1.54, 1.807) is 18.2 Å². The average molecular weight is 345 g/mol. The first-order chi connectivity index (χ1) is 8.92. The highest BCUT2D eigenvalue weighted by Gasteiger charge is 2.03. The SMILES string of the molecule is CS(=O)(=O)Nc1cccc(NCc2ccc(Br)o2)c1. The standard InChI is InChI=1S/C12H13BrN2O3S/c1-19(16,17)15-10-4-2-3-9(7-10)14-8-11-5-6-12(13)18-11/h2-7,14-15H,8H2,1H3. The Hall–Kier alpha value is -1.47. The summed E-state index contributed by atoms with van der Waals surface area (Å²) >= 11 is 3.23. The van der Waals surface area contributed by atoms with E-state index in [4.69, 9.17) is 4.42 Å². The maximum atomic E-state index is 11.1. The second-order valence-corrected chi connectivity index (χ2v) is 6.54. The van der Waals surface area contributed by atoms with Crippen LogP contribution in [0.4, 0.5) is 11.4 Å². The highest BCUT2D eigenvalue weighted by atomic mass is 79.9. The van der Waals surface area contributed by atoms with Gasteiger partial charge in [-0.25, -0.2) is 8.42 Å². The van der Waals surface area contributed by atoms with Crippen LogP contribution in [0.1, 0.15) is 5.76 Å². The molecular formula is C12H13BrN2O3S. The normalized spacial score (nSPS) is 11.3. The number of hydrogen-bond acceptors (Lipinski definition) is 4. The molecule has 0 saturated carbocycles. The molecule has 1 aromatic heterocycles. The molecule has 0 fully saturated rings. The fourth-order valence-corrected chi connectivity index (χ4v) is 2.44. The van der Waals surface area contributed by atoms with Crippen molar-refractivity contribution in [2.24, 2.45) is 0 Å². The Morgan fingerprint density at radius 1 is 1.21 bits per heavy atom. The van der Waals surface area contributed by atoms with Crippen molar-refractivity contribution >= 4 is 37.3 Å². The van der Waals surface area contributed by atoms with Gasteiger partial charge in [0.15, 0.2) is 4.67 Å². The van der Waals surface area contributed by atoms with E-state index in [0.717, 1.165) is 17.7 Å². The van der Waals surface area contributed by atoms with Gasteiger partial charge >= 0.3 is 0 Å². The van der Waals surface area contributed by atoms with E-state index in [1.165, 1.54) is 0 Å². The van der Waals surface area contributed by atoms with Crippen LogP contribution >= 0.6 is 15.9 Å². The molecule has 2 rings (SSSR count). The summed E-state index contributed by atoms with van der Waals surface area (Å²) in [5.41, 5.74) is 1.33. The summed E-state index contributed by atoms with van der Waals surface area (Å²) in [6.07, 6.45) is 1.12. The summed E-state index contributed by atoms with van der Waals surface area (Å²) in [5, 5.41) is 3.15. The van der Waals surface area contributed by atoms with Crippen molar-refractivity contribution in [2.45, 2.75) is 6.54 Å². The van der Waals surface area contributed by atoms with Crippen LogP contribution in [-0.4, -0.2) is 14.7 Å². The summed E-state index contributed by atoms with van der Waals surface area (Å²) in [6, 6.07) is 10.7. The Kier molecular flexibility index (Phi) is 4.16. The van der Waals surface area contributed by atoms with Gasteiger partial charge in [-0.15, -0.1) is 0 Å². The Morgan fingerprint density at radius 3 is 2.58 bits per heavy atom.